The third-order valence-corrected chi connectivity index (χ3v) is 3.61. The summed E-state index contributed by atoms with van der Waals surface area (Å²) in [7, 11) is 0. The Morgan fingerprint density at radius 3 is 2.70 bits per heavy atom. The van der Waals surface area contributed by atoms with E-state index in [9.17, 15) is 4.79 Å². The van der Waals surface area contributed by atoms with E-state index < -0.39 is 0 Å². The van der Waals surface area contributed by atoms with Gasteiger partial charge in [0.05, 0.1) is 11.4 Å². The van der Waals surface area contributed by atoms with Crippen LogP contribution in [0.3, 0.4) is 0 Å². The van der Waals surface area contributed by atoms with Crippen LogP contribution in [-0.2, 0) is 4.79 Å². The zero-order chi connectivity index (χ0) is 13.9. The number of nitrogens with zero attached hydrogens (tertiary/aromatic N) is 1. The summed E-state index contributed by atoms with van der Waals surface area (Å²) in [4.78, 5) is 14.0. The summed E-state index contributed by atoms with van der Waals surface area (Å²) < 4.78 is 0. The van der Waals surface area contributed by atoms with E-state index in [1.807, 2.05) is 30.3 Å². The molecule has 2 aromatic carbocycles. The fourth-order valence-corrected chi connectivity index (χ4v) is 2.61. The Morgan fingerprint density at radius 2 is 1.90 bits per heavy atom. The molecular weight excluding hydrogens is 272 g/mol. The molecule has 0 unspecified atom stereocenters. The van der Waals surface area contributed by atoms with Gasteiger partial charge in [-0.2, -0.15) is 0 Å². The molecule has 4 heteroatoms. The van der Waals surface area contributed by atoms with Gasteiger partial charge in [0.25, 0.3) is 0 Å². The quantitative estimate of drug-likeness (QED) is 0.852. The Kier molecular flexibility index (Phi) is 3.61. The topological polar surface area (TPSA) is 32.3 Å². The standard InChI is InChI=1S/C16H15ClN2O/c17-12-8-9-14-15(11-12)19(10-4-7-16(20)18-14)13-5-2-1-3-6-13/h1-3,5-6,8-9,11H,4,7,10H2,(H,18,20). The SMILES string of the molecule is O=C1CCCN(c2ccccc2)c2cc(Cl)ccc2N1. The molecule has 1 N–H and O–H groups in total. The maximum Gasteiger partial charge on any atom is 0.224 e. The maximum absolute atomic E-state index is 11.8. The summed E-state index contributed by atoms with van der Waals surface area (Å²) in [5, 5.41) is 3.62. The molecule has 1 heterocycles. The van der Waals surface area contributed by atoms with E-state index in [1.54, 1.807) is 6.07 Å². The summed E-state index contributed by atoms with van der Waals surface area (Å²) in [5.74, 6) is 0.0567. The second-order valence-corrected chi connectivity index (χ2v) is 5.24. The Balaban J connectivity index is 2.09. The zero-order valence-electron chi connectivity index (χ0n) is 11.0. The van der Waals surface area contributed by atoms with Gasteiger partial charge in [0.2, 0.25) is 5.91 Å². The van der Waals surface area contributed by atoms with Crippen molar-refractivity contribution in [1.82, 2.24) is 0 Å². The van der Waals surface area contributed by atoms with Crippen LogP contribution in [0, 0.1) is 0 Å². The summed E-state index contributed by atoms with van der Waals surface area (Å²) in [5.41, 5.74) is 2.85. The minimum Gasteiger partial charge on any atom is -0.340 e. The van der Waals surface area contributed by atoms with Crippen LogP contribution in [0.15, 0.2) is 48.5 Å². The van der Waals surface area contributed by atoms with Crippen molar-refractivity contribution in [2.24, 2.45) is 0 Å². The number of carbonyl (C=O) groups excluding carboxylic acids is 1. The van der Waals surface area contributed by atoms with Crippen molar-refractivity contribution in [1.29, 1.82) is 0 Å². The van der Waals surface area contributed by atoms with Crippen molar-refractivity contribution in [3.63, 3.8) is 0 Å². The number of hydrogen-bond acceptors (Lipinski definition) is 2. The van der Waals surface area contributed by atoms with Gasteiger partial charge in [-0.3, -0.25) is 4.79 Å². The van der Waals surface area contributed by atoms with Crippen molar-refractivity contribution in [3.05, 3.63) is 53.6 Å². The van der Waals surface area contributed by atoms with Gasteiger partial charge in [0.15, 0.2) is 0 Å². The highest BCUT2D eigenvalue weighted by molar-refractivity contribution is 6.31. The lowest BCUT2D eigenvalue weighted by atomic mass is 10.1. The molecule has 0 spiro atoms. The van der Waals surface area contributed by atoms with Crippen molar-refractivity contribution in [2.45, 2.75) is 12.8 Å². The minimum atomic E-state index is 0.0567. The average Bonchev–Trinajstić information content (AvgIpc) is 2.45. The predicted molar refractivity (Wildman–Crippen MR) is 82.8 cm³/mol. The van der Waals surface area contributed by atoms with Gasteiger partial charge in [-0.05, 0) is 36.8 Å². The van der Waals surface area contributed by atoms with Crippen molar-refractivity contribution in [3.8, 4) is 0 Å². The summed E-state index contributed by atoms with van der Waals surface area (Å²) in [6.07, 6.45) is 1.35. The molecule has 0 aromatic heterocycles. The van der Waals surface area contributed by atoms with Crippen LogP contribution >= 0.6 is 11.6 Å². The van der Waals surface area contributed by atoms with Gasteiger partial charge < -0.3 is 10.2 Å². The van der Waals surface area contributed by atoms with E-state index in [-0.39, 0.29) is 5.91 Å². The van der Waals surface area contributed by atoms with E-state index in [4.69, 9.17) is 11.6 Å². The Labute approximate surface area is 123 Å². The van der Waals surface area contributed by atoms with E-state index in [0.717, 1.165) is 30.0 Å². The fraction of sp³-hybridized carbons (Fsp3) is 0.188. The van der Waals surface area contributed by atoms with Crippen molar-refractivity contribution < 1.29 is 4.79 Å². The molecule has 0 aliphatic carbocycles. The first-order valence-corrected chi connectivity index (χ1v) is 7.04. The number of rotatable bonds is 1. The molecule has 1 aliphatic rings. The highest BCUT2D eigenvalue weighted by atomic mass is 35.5. The van der Waals surface area contributed by atoms with E-state index >= 15 is 0 Å². The number of halogens is 1. The molecule has 0 saturated carbocycles. The smallest absolute Gasteiger partial charge is 0.224 e. The first-order chi connectivity index (χ1) is 9.74. The predicted octanol–water partition coefficient (Wildman–Crippen LogP) is 4.21. The van der Waals surface area contributed by atoms with Gasteiger partial charge in [0.1, 0.15) is 0 Å². The van der Waals surface area contributed by atoms with Gasteiger partial charge in [0, 0.05) is 23.7 Å². The normalized spacial score (nSPS) is 15.1. The number of nitrogens with one attached hydrogen (secondary N) is 1. The first kappa shape index (κ1) is 13.0. The molecule has 0 radical (unpaired) electrons. The fourth-order valence-electron chi connectivity index (χ4n) is 2.44. The lowest BCUT2D eigenvalue weighted by Gasteiger charge is -2.29. The number of amides is 1. The zero-order valence-corrected chi connectivity index (χ0v) is 11.7. The van der Waals surface area contributed by atoms with Gasteiger partial charge in [-0.15, -0.1) is 0 Å². The van der Waals surface area contributed by atoms with Crippen LogP contribution in [0.2, 0.25) is 5.02 Å². The highest BCUT2D eigenvalue weighted by Crippen LogP contribution is 2.35. The third-order valence-electron chi connectivity index (χ3n) is 3.38. The van der Waals surface area contributed by atoms with E-state index in [0.29, 0.717) is 11.4 Å². The van der Waals surface area contributed by atoms with Crippen LogP contribution in [0.4, 0.5) is 17.1 Å². The Bertz CT molecular complexity index is 628. The molecule has 3 nitrogen and oxygen atoms in total. The highest BCUT2D eigenvalue weighted by Gasteiger charge is 2.18. The number of hydrogen-bond donors (Lipinski definition) is 1. The minimum absolute atomic E-state index is 0.0567. The number of benzene rings is 2. The van der Waals surface area contributed by atoms with E-state index in [2.05, 4.69) is 22.3 Å². The molecule has 0 fully saturated rings. The Morgan fingerprint density at radius 1 is 1.10 bits per heavy atom. The molecule has 102 valence electrons. The van der Waals surface area contributed by atoms with Crippen LogP contribution in [0.5, 0.6) is 0 Å². The molecule has 0 saturated heterocycles. The van der Waals surface area contributed by atoms with Crippen molar-refractivity contribution >= 4 is 34.6 Å². The second kappa shape index (κ2) is 5.55. The molecule has 20 heavy (non-hydrogen) atoms. The number of fused-ring (bicyclic) bond motifs is 1. The summed E-state index contributed by atoms with van der Waals surface area (Å²) >= 11 is 6.12. The van der Waals surface area contributed by atoms with Crippen LogP contribution in [-0.4, -0.2) is 12.5 Å². The lowest BCUT2D eigenvalue weighted by Crippen LogP contribution is -2.25. The number of carbonyl (C=O) groups is 1. The second-order valence-electron chi connectivity index (χ2n) is 4.80. The molecule has 1 amide bonds. The molecule has 3 rings (SSSR count). The summed E-state index contributed by atoms with van der Waals surface area (Å²) in [6, 6.07) is 15.7. The molecule has 0 bridgehead atoms. The van der Waals surface area contributed by atoms with E-state index in [1.165, 1.54) is 0 Å². The van der Waals surface area contributed by atoms with Crippen LogP contribution in [0.25, 0.3) is 0 Å². The average molecular weight is 287 g/mol. The molecular formula is C16H15ClN2O. The third kappa shape index (κ3) is 2.63. The monoisotopic (exact) mass is 286 g/mol. The number of anilines is 3. The molecule has 1 aliphatic heterocycles. The van der Waals surface area contributed by atoms with Gasteiger partial charge >= 0.3 is 0 Å². The summed E-state index contributed by atoms with van der Waals surface area (Å²) in [6.45, 7) is 0.796. The lowest BCUT2D eigenvalue weighted by molar-refractivity contribution is -0.116. The van der Waals surface area contributed by atoms with Crippen molar-refractivity contribution in [2.75, 3.05) is 16.8 Å². The molecule has 0 atom stereocenters. The van der Waals surface area contributed by atoms with Gasteiger partial charge in [-0.1, -0.05) is 29.8 Å². The van der Waals surface area contributed by atoms with Crippen LogP contribution in [0.1, 0.15) is 12.8 Å². The largest absolute Gasteiger partial charge is 0.340 e. The van der Waals surface area contributed by atoms with Crippen LogP contribution < -0.4 is 10.2 Å². The first-order valence-electron chi connectivity index (χ1n) is 6.66. The molecule has 2 aromatic rings. The maximum atomic E-state index is 11.8. The Hall–Kier alpha value is -2.00. The number of para-hydroxylation sites is 1. The van der Waals surface area contributed by atoms with Gasteiger partial charge in [-0.25, -0.2) is 0 Å².